The van der Waals surface area contributed by atoms with E-state index >= 15 is 4.39 Å². The van der Waals surface area contributed by atoms with Crippen LogP contribution in [0, 0.1) is 25.6 Å². The summed E-state index contributed by atoms with van der Waals surface area (Å²) in [5.74, 6) is -3.13. The van der Waals surface area contributed by atoms with Crippen LogP contribution < -0.4 is 21.2 Å². The van der Waals surface area contributed by atoms with E-state index in [9.17, 15) is 37.5 Å². The van der Waals surface area contributed by atoms with Crippen molar-refractivity contribution in [1.29, 1.82) is 0 Å². The van der Waals surface area contributed by atoms with Crippen LogP contribution in [-0.2, 0) is 29.2 Å². The lowest BCUT2D eigenvalue weighted by Gasteiger charge is -2.27. The average molecular weight is 679 g/mol. The number of benzene rings is 1. The molecule has 0 bridgehead atoms. The molecule has 0 aliphatic rings. The van der Waals surface area contributed by atoms with E-state index in [1.54, 1.807) is 52.9 Å². The number of halogens is 4. The van der Waals surface area contributed by atoms with Crippen LogP contribution in [0.5, 0.6) is 5.75 Å². The maximum Gasteiger partial charge on any atom is 0.416 e. The van der Waals surface area contributed by atoms with Gasteiger partial charge in [-0.3, -0.25) is 19.2 Å². The van der Waals surface area contributed by atoms with Gasteiger partial charge in [0.15, 0.2) is 0 Å². The standard InChI is InChI=1S/C34H42F4N4O6/c1-18(2)11-26(42-17-21(9-10-40(5)6)24(15-28(42)43)34(36,37)38)32(46)39-25(16-29(44)45)23-14-22(12-19(3)31(23)35)30-27(48-8)13-20(4)41(7)33(30)47/h12-15,17-18,25-26H,9-11,16H2,1-8H3,(H,39,46)(H,44,45)/t25-,26+/m0/s1. The Hall–Kier alpha value is -4.46. The summed E-state index contributed by atoms with van der Waals surface area (Å²) in [6.45, 7) is 6.85. The summed E-state index contributed by atoms with van der Waals surface area (Å²) in [6.07, 6.45) is -4.64. The second-order valence-corrected chi connectivity index (χ2v) is 12.6. The Labute approximate surface area is 275 Å². The highest BCUT2D eigenvalue weighted by Crippen LogP contribution is 2.35. The number of hydrogen-bond acceptors (Lipinski definition) is 6. The van der Waals surface area contributed by atoms with Crippen molar-refractivity contribution in [2.24, 2.45) is 13.0 Å². The second kappa shape index (κ2) is 15.2. The molecule has 0 unspecified atom stereocenters. The number of ether oxygens (including phenoxy) is 1. The van der Waals surface area contributed by atoms with Gasteiger partial charge in [-0.05, 0) is 75.5 Å². The molecule has 0 spiro atoms. The summed E-state index contributed by atoms with van der Waals surface area (Å²) in [5.41, 5.74) is -2.10. The van der Waals surface area contributed by atoms with Crippen LogP contribution in [0.4, 0.5) is 17.6 Å². The first-order valence-corrected chi connectivity index (χ1v) is 15.3. The Balaban J connectivity index is 2.19. The van der Waals surface area contributed by atoms with Crippen LogP contribution in [-0.4, -0.2) is 58.8 Å². The highest BCUT2D eigenvalue weighted by Gasteiger charge is 2.36. The lowest BCUT2D eigenvalue weighted by Crippen LogP contribution is -2.41. The van der Waals surface area contributed by atoms with Gasteiger partial charge in [-0.25, -0.2) is 4.39 Å². The number of aliphatic carboxylic acids is 1. The Morgan fingerprint density at radius 2 is 1.73 bits per heavy atom. The molecular formula is C34H42F4N4O6. The zero-order valence-corrected chi connectivity index (χ0v) is 28.3. The number of nitrogens with one attached hydrogen (secondary N) is 1. The van der Waals surface area contributed by atoms with Crippen molar-refractivity contribution >= 4 is 11.9 Å². The lowest BCUT2D eigenvalue weighted by molar-refractivity contribution is -0.139. The number of amides is 1. The number of pyridine rings is 2. The maximum absolute atomic E-state index is 15.8. The summed E-state index contributed by atoms with van der Waals surface area (Å²) in [7, 11) is 6.29. The third-order valence-electron chi connectivity index (χ3n) is 8.13. The predicted molar refractivity (Wildman–Crippen MR) is 173 cm³/mol. The first-order valence-electron chi connectivity index (χ1n) is 15.3. The number of carboxylic acid groups (broad SMARTS) is 1. The van der Waals surface area contributed by atoms with Crippen molar-refractivity contribution in [3.05, 3.63) is 84.9 Å². The molecule has 48 heavy (non-hydrogen) atoms. The zero-order chi connectivity index (χ0) is 36.2. The van der Waals surface area contributed by atoms with E-state index in [0.717, 1.165) is 10.8 Å². The molecule has 3 rings (SSSR count). The molecule has 3 aromatic rings. The van der Waals surface area contributed by atoms with E-state index in [4.69, 9.17) is 4.74 Å². The summed E-state index contributed by atoms with van der Waals surface area (Å²) in [4.78, 5) is 54.1. The second-order valence-electron chi connectivity index (χ2n) is 12.6. The molecule has 262 valence electrons. The summed E-state index contributed by atoms with van der Waals surface area (Å²) >= 11 is 0. The van der Waals surface area contributed by atoms with E-state index in [-0.39, 0.29) is 58.9 Å². The van der Waals surface area contributed by atoms with Gasteiger partial charge in [-0.1, -0.05) is 13.8 Å². The average Bonchev–Trinajstić information content (AvgIpc) is 2.97. The van der Waals surface area contributed by atoms with Crippen molar-refractivity contribution < 1.29 is 37.0 Å². The first-order chi connectivity index (χ1) is 22.3. The molecule has 10 nitrogen and oxygen atoms in total. The Kier molecular flexibility index (Phi) is 12.0. The van der Waals surface area contributed by atoms with Gasteiger partial charge in [0.05, 0.1) is 30.7 Å². The van der Waals surface area contributed by atoms with E-state index in [1.165, 1.54) is 30.7 Å². The SMILES string of the molecule is COc1cc(C)n(C)c(=O)c1-c1cc(C)c(F)c([C@H](CC(=O)O)NC(=O)[C@@H](CC(C)C)n2cc(CCN(C)C)c(C(F)(F)F)cc2=O)c1. The number of rotatable bonds is 13. The van der Waals surface area contributed by atoms with E-state index in [1.807, 2.05) is 0 Å². The van der Waals surface area contributed by atoms with Crippen LogP contribution in [0.25, 0.3) is 11.1 Å². The molecule has 0 aliphatic carbocycles. The minimum atomic E-state index is -4.82. The first kappa shape index (κ1) is 38.0. The van der Waals surface area contributed by atoms with Gasteiger partial charge < -0.3 is 29.2 Å². The number of likely N-dealkylation sites (N-methyl/N-ethyl adjacent to an activating group) is 1. The minimum Gasteiger partial charge on any atom is -0.496 e. The smallest absolute Gasteiger partial charge is 0.416 e. The molecule has 1 aromatic carbocycles. The fraction of sp³-hybridized carbons (Fsp3) is 0.471. The number of alkyl halides is 3. The van der Waals surface area contributed by atoms with Crippen LogP contribution in [0.3, 0.4) is 0 Å². The highest BCUT2D eigenvalue weighted by atomic mass is 19.4. The van der Waals surface area contributed by atoms with Crippen molar-refractivity contribution in [2.75, 3.05) is 27.7 Å². The number of carbonyl (C=O) groups excluding carboxylic acids is 1. The molecule has 0 aliphatic heterocycles. The molecule has 2 N–H and O–H groups in total. The predicted octanol–water partition coefficient (Wildman–Crippen LogP) is 5.02. The third kappa shape index (κ3) is 8.71. The van der Waals surface area contributed by atoms with Crippen molar-refractivity contribution in [3.63, 3.8) is 0 Å². The molecular weight excluding hydrogens is 636 g/mol. The molecule has 2 atom stereocenters. The maximum atomic E-state index is 15.8. The number of methoxy groups -OCH3 is 1. The normalized spacial score (nSPS) is 13.1. The van der Waals surface area contributed by atoms with Crippen LogP contribution >= 0.6 is 0 Å². The Morgan fingerprint density at radius 1 is 1.08 bits per heavy atom. The van der Waals surface area contributed by atoms with Crippen LogP contribution in [0.2, 0.25) is 0 Å². The topological polar surface area (TPSA) is 123 Å². The number of carboxylic acids is 1. The van der Waals surface area contributed by atoms with Gasteiger partial charge in [0.2, 0.25) is 5.91 Å². The number of hydrogen-bond donors (Lipinski definition) is 2. The van der Waals surface area contributed by atoms with Crippen LogP contribution in [0.15, 0.2) is 40.1 Å². The molecule has 14 heteroatoms. The van der Waals surface area contributed by atoms with Gasteiger partial charge in [0.1, 0.15) is 17.6 Å². The molecule has 0 fully saturated rings. The monoisotopic (exact) mass is 678 g/mol. The lowest BCUT2D eigenvalue weighted by atomic mass is 9.93. The molecule has 1 amide bonds. The van der Waals surface area contributed by atoms with E-state index in [0.29, 0.717) is 11.8 Å². The fourth-order valence-corrected chi connectivity index (χ4v) is 5.53. The third-order valence-corrected chi connectivity index (χ3v) is 8.13. The number of aryl methyl sites for hydroxylation is 2. The number of aromatic nitrogens is 2. The number of carbonyl (C=O) groups is 2. The molecule has 2 heterocycles. The van der Waals surface area contributed by atoms with Gasteiger partial charge in [-0.15, -0.1) is 0 Å². The van der Waals surface area contributed by atoms with Gasteiger partial charge in [0.25, 0.3) is 11.1 Å². The Morgan fingerprint density at radius 3 is 2.27 bits per heavy atom. The van der Waals surface area contributed by atoms with Crippen LogP contribution in [0.1, 0.15) is 66.7 Å². The summed E-state index contributed by atoms with van der Waals surface area (Å²) in [5, 5.41) is 12.3. The Bertz CT molecular complexity index is 1800. The fourth-order valence-electron chi connectivity index (χ4n) is 5.53. The summed E-state index contributed by atoms with van der Waals surface area (Å²) < 4.78 is 65.3. The number of nitrogens with zero attached hydrogens (tertiary/aromatic N) is 3. The van der Waals surface area contributed by atoms with Gasteiger partial charge in [0, 0.05) is 43.2 Å². The zero-order valence-electron chi connectivity index (χ0n) is 28.3. The van der Waals surface area contributed by atoms with E-state index in [2.05, 4.69) is 5.32 Å². The summed E-state index contributed by atoms with van der Waals surface area (Å²) in [6, 6.07) is 1.92. The van der Waals surface area contributed by atoms with E-state index < -0.39 is 59.1 Å². The minimum absolute atomic E-state index is 0.00216. The van der Waals surface area contributed by atoms with Gasteiger partial charge >= 0.3 is 12.1 Å². The largest absolute Gasteiger partial charge is 0.496 e. The quantitative estimate of drug-likeness (QED) is 0.244. The van der Waals surface area contributed by atoms with Crippen molar-refractivity contribution in [1.82, 2.24) is 19.4 Å². The van der Waals surface area contributed by atoms with Gasteiger partial charge in [-0.2, -0.15) is 13.2 Å². The molecule has 0 saturated carbocycles. The molecule has 0 saturated heterocycles. The molecule has 0 radical (unpaired) electrons. The van der Waals surface area contributed by atoms with Crippen molar-refractivity contribution in [3.8, 4) is 16.9 Å². The molecule has 2 aromatic heterocycles. The highest BCUT2D eigenvalue weighted by molar-refractivity contribution is 5.82. The van der Waals surface area contributed by atoms with Crippen molar-refractivity contribution in [2.45, 2.75) is 65.2 Å².